The predicted molar refractivity (Wildman–Crippen MR) is 119 cm³/mol. The number of amides is 1. The number of methoxy groups -OCH3 is 3. The summed E-state index contributed by atoms with van der Waals surface area (Å²) in [6.45, 7) is -0.532. The lowest BCUT2D eigenvalue weighted by Crippen LogP contribution is -2.33. The molecule has 0 aliphatic rings. The molecule has 0 fully saturated rings. The Balaban J connectivity index is 1.72. The van der Waals surface area contributed by atoms with Crippen molar-refractivity contribution in [3.05, 3.63) is 89.2 Å². The first kappa shape index (κ1) is 23.6. The molecule has 1 amide bonds. The minimum atomic E-state index is -0.822. The Kier molecular flexibility index (Phi) is 7.86. The molecule has 0 spiro atoms. The van der Waals surface area contributed by atoms with Gasteiger partial charge in [-0.1, -0.05) is 24.3 Å². The molecule has 7 nitrogen and oxygen atoms in total. The van der Waals surface area contributed by atoms with Gasteiger partial charge in [0.1, 0.15) is 11.5 Å². The molecule has 33 heavy (non-hydrogen) atoms. The summed E-state index contributed by atoms with van der Waals surface area (Å²) >= 11 is 0. The van der Waals surface area contributed by atoms with Gasteiger partial charge in [0.15, 0.2) is 18.2 Å². The first-order valence-corrected chi connectivity index (χ1v) is 10.0. The third kappa shape index (κ3) is 6.00. The molecular formula is C25H24FNO6. The fourth-order valence-electron chi connectivity index (χ4n) is 3.16. The second-order valence-electron chi connectivity index (χ2n) is 6.97. The fourth-order valence-corrected chi connectivity index (χ4v) is 3.16. The highest BCUT2D eigenvalue weighted by molar-refractivity contribution is 5.91. The van der Waals surface area contributed by atoms with E-state index in [1.807, 2.05) is 24.3 Å². The van der Waals surface area contributed by atoms with Crippen molar-refractivity contribution in [3.8, 4) is 17.2 Å². The smallest absolute Gasteiger partial charge is 0.338 e. The molecule has 0 heterocycles. The number of halogens is 1. The number of benzene rings is 3. The number of rotatable bonds is 9. The van der Waals surface area contributed by atoms with Crippen molar-refractivity contribution in [1.29, 1.82) is 0 Å². The molecule has 3 rings (SSSR count). The molecule has 0 unspecified atom stereocenters. The van der Waals surface area contributed by atoms with Gasteiger partial charge in [-0.3, -0.25) is 4.79 Å². The van der Waals surface area contributed by atoms with Crippen LogP contribution in [0, 0.1) is 5.82 Å². The van der Waals surface area contributed by atoms with Crippen molar-refractivity contribution in [2.24, 2.45) is 0 Å². The Hall–Kier alpha value is -4.07. The van der Waals surface area contributed by atoms with Crippen LogP contribution in [0.5, 0.6) is 17.2 Å². The van der Waals surface area contributed by atoms with Crippen LogP contribution in [0.25, 0.3) is 0 Å². The number of hydrogen-bond acceptors (Lipinski definition) is 6. The minimum absolute atomic E-state index is 0.00566. The van der Waals surface area contributed by atoms with Gasteiger partial charge in [-0.15, -0.1) is 0 Å². The van der Waals surface area contributed by atoms with E-state index < -0.39 is 30.3 Å². The molecule has 172 valence electrons. The highest BCUT2D eigenvalue weighted by atomic mass is 19.1. The van der Waals surface area contributed by atoms with Crippen LogP contribution < -0.4 is 19.5 Å². The average Bonchev–Trinajstić information content (AvgIpc) is 2.86. The van der Waals surface area contributed by atoms with Crippen molar-refractivity contribution >= 4 is 11.9 Å². The summed E-state index contributed by atoms with van der Waals surface area (Å²) in [5.41, 5.74) is 1.58. The molecule has 0 atom stereocenters. The predicted octanol–water partition coefficient (Wildman–Crippen LogP) is 3.91. The largest absolute Gasteiger partial charge is 0.497 e. The maximum atomic E-state index is 13.8. The lowest BCUT2D eigenvalue weighted by molar-refractivity contribution is -0.124. The highest BCUT2D eigenvalue weighted by Gasteiger charge is 2.19. The zero-order chi connectivity index (χ0) is 23.8. The summed E-state index contributed by atoms with van der Waals surface area (Å²) in [6, 6.07) is 17.7. The topological polar surface area (TPSA) is 83.1 Å². The Morgan fingerprint density at radius 2 is 1.36 bits per heavy atom. The van der Waals surface area contributed by atoms with E-state index in [4.69, 9.17) is 18.9 Å². The molecule has 0 aromatic heterocycles. The van der Waals surface area contributed by atoms with Crippen LogP contribution in [0.15, 0.2) is 66.7 Å². The van der Waals surface area contributed by atoms with Crippen molar-refractivity contribution in [1.82, 2.24) is 5.32 Å². The van der Waals surface area contributed by atoms with Gasteiger partial charge in [-0.05, 0) is 53.6 Å². The van der Waals surface area contributed by atoms with Crippen LogP contribution >= 0.6 is 0 Å². The molecule has 3 aromatic carbocycles. The van der Waals surface area contributed by atoms with Crippen LogP contribution in [-0.2, 0) is 9.53 Å². The number of carbonyl (C=O) groups excluding carboxylic acids is 2. The van der Waals surface area contributed by atoms with Gasteiger partial charge < -0.3 is 24.3 Å². The third-order valence-electron chi connectivity index (χ3n) is 4.93. The number of ether oxygens (including phenoxy) is 4. The Morgan fingerprint density at radius 1 is 0.818 bits per heavy atom. The minimum Gasteiger partial charge on any atom is -0.497 e. The molecule has 0 aliphatic carbocycles. The fraction of sp³-hybridized carbons (Fsp3) is 0.200. The van der Waals surface area contributed by atoms with Crippen molar-refractivity contribution in [2.75, 3.05) is 27.9 Å². The molecule has 1 N–H and O–H groups in total. The monoisotopic (exact) mass is 453 g/mol. The van der Waals surface area contributed by atoms with Crippen LogP contribution in [0.1, 0.15) is 27.5 Å². The van der Waals surface area contributed by atoms with E-state index in [-0.39, 0.29) is 11.3 Å². The van der Waals surface area contributed by atoms with Gasteiger partial charge in [0.05, 0.1) is 32.9 Å². The van der Waals surface area contributed by atoms with Gasteiger partial charge in [0.2, 0.25) is 0 Å². The first-order valence-electron chi connectivity index (χ1n) is 10.0. The van der Waals surface area contributed by atoms with E-state index in [9.17, 15) is 14.0 Å². The maximum absolute atomic E-state index is 13.8. The van der Waals surface area contributed by atoms with Crippen molar-refractivity contribution in [3.63, 3.8) is 0 Å². The Bertz CT molecular complexity index is 1050. The molecule has 0 aliphatic heterocycles. The van der Waals surface area contributed by atoms with Gasteiger partial charge in [0, 0.05) is 0 Å². The second-order valence-corrected chi connectivity index (χ2v) is 6.97. The molecule has 0 saturated carbocycles. The number of esters is 1. The van der Waals surface area contributed by atoms with Crippen LogP contribution in [0.4, 0.5) is 4.39 Å². The van der Waals surface area contributed by atoms with Crippen LogP contribution in [0.3, 0.4) is 0 Å². The quantitative estimate of drug-likeness (QED) is 0.495. The lowest BCUT2D eigenvalue weighted by atomic mass is 9.98. The zero-order valence-electron chi connectivity index (χ0n) is 18.5. The Labute approximate surface area is 191 Å². The van der Waals surface area contributed by atoms with Crippen LogP contribution in [0.2, 0.25) is 0 Å². The molecule has 0 saturated heterocycles. The average molecular weight is 453 g/mol. The van der Waals surface area contributed by atoms with Crippen molar-refractivity contribution in [2.45, 2.75) is 6.04 Å². The normalized spacial score (nSPS) is 10.5. The third-order valence-corrected chi connectivity index (χ3v) is 4.93. The molecular weight excluding hydrogens is 429 g/mol. The van der Waals surface area contributed by atoms with Gasteiger partial charge >= 0.3 is 5.97 Å². The molecule has 0 radical (unpaired) electrons. The van der Waals surface area contributed by atoms with E-state index in [1.165, 1.54) is 19.2 Å². The van der Waals surface area contributed by atoms with Gasteiger partial charge in [0.25, 0.3) is 5.91 Å². The Morgan fingerprint density at radius 3 is 1.82 bits per heavy atom. The molecule has 0 bridgehead atoms. The van der Waals surface area contributed by atoms with E-state index in [1.54, 1.807) is 38.5 Å². The van der Waals surface area contributed by atoms with Crippen molar-refractivity contribution < 1.29 is 32.9 Å². The number of carbonyl (C=O) groups is 2. The molecule has 3 aromatic rings. The van der Waals surface area contributed by atoms with Gasteiger partial charge in [-0.25, -0.2) is 9.18 Å². The van der Waals surface area contributed by atoms with Crippen LogP contribution in [-0.4, -0.2) is 39.8 Å². The SMILES string of the molecule is COc1ccc(C(NC(=O)COC(=O)c2ccc(OC)c(F)c2)c2ccc(OC)cc2)cc1. The van der Waals surface area contributed by atoms with E-state index in [0.717, 1.165) is 17.2 Å². The summed E-state index contributed by atoms with van der Waals surface area (Å²) < 4.78 is 34.1. The highest BCUT2D eigenvalue weighted by Crippen LogP contribution is 2.26. The number of hydrogen-bond donors (Lipinski definition) is 1. The standard InChI is InChI=1S/C25H24FNO6/c1-30-19-9-4-16(5-10-19)24(17-6-11-20(31-2)12-7-17)27-23(28)15-33-25(29)18-8-13-22(32-3)21(26)14-18/h4-14,24H,15H2,1-3H3,(H,27,28). The van der Waals surface area contributed by atoms with E-state index >= 15 is 0 Å². The van der Waals surface area contributed by atoms with E-state index in [0.29, 0.717) is 11.5 Å². The summed E-state index contributed by atoms with van der Waals surface area (Å²) in [7, 11) is 4.46. The number of nitrogens with one attached hydrogen (secondary N) is 1. The molecule has 8 heteroatoms. The van der Waals surface area contributed by atoms with E-state index in [2.05, 4.69) is 5.32 Å². The summed E-state index contributed by atoms with van der Waals surface area (Å²) in [6.07, 6.45) is 0. The first-order chi connectivity index (χ1) is 15.9. The second kappa shape index (κ2) is 11.0. The summed E-state index contributed by atoms with van der Waals surface area (Å²) in [5, 5.41) is 2.87. The van der Waals surface area contributed by atoms with Gasteiger partial charge in [-0.2, -0.15) is 0 Å². The lowest BCUT2D eigenvalue weighted by Gasteiger charge is -2.20. The maximum Gasteiger partial charge on any atom is 0.338 e. The summed E-state index contributed by atoms with van der Waals surface area (Å²) in [4.78, 5) is 24.8. The zero-order valence-corrected chi connectivity index (χ0v) is 18.5. The summed E-state index contributed by atoms with van der Waals surface area (Å²) in [5.74, 6) is -0.675.